The second kappa shape index (κ2) is 3.87. The molecule has 16 heavy (non-hydrogen) atoms. The van der Waals surface area contributed by atoms with Gasteiger partial charge in [0.15, 0.2) is 0 Å². The van der Waals surface area contributed by atoms with Crippen molar-refractivity contribution in [2.24, 2.45) is 0 Å². The number of aromatic amines is 1. The lowest BCUT2D eigenvalue weighted by Gasteiger charge is -2.38. The van der Waals surface area contributed by atoms with Gasteiger partial charge in [-0.1, -0.05) is 0 Å². The molecule has 6 heteroatoms. The van der Waals surface area contributed by atoms with E-state index in [9.17, 15) is 8.42 Å². The lowest BCUT2D eigenvalue weighted by Crippen LogP contribution is -2.58. The van der Waals surface area contributed by atoms with Crippen LogP contribution in [0.5, 0.6) is 0 Å². The number of nitrogens with zero attached hydrogens (tertiary/aromatic N) is 1. The van der Waals surface area contributed by atoms with E-state index >= 15 is 0 Å². The Morgan fingerprint density at radius 1 is 1.44 bits per heavy atom. The highest BCUT2D eigenvalue weighted by atomic mass is 32.2. The van der Waals surface area contributed by atoms with Crippen molar-refractivity contribution < 1.29 is 8.42 Å². The highest BCUT2D eigenvalue weighted by molar-refractivity contribution is 7.89. The molecular weight excluding hydrogens is 226 g/mol. The summed E-state index contributed by atoms with van der Waals surface area (Å²) in [4.78, 5) is 3.11. The van der Waals surface area contributed by atoms with Crippen molar-refractivity contribution in [3.8, 4) is 0 Å². The molecule has 0 radical (unpaired) electrons. The van der Waals surface area contributed by atoms with E-state index in [-0.39, 0.29) is 5.54 Å². The monoisotopic (exact) mass is 243 g/mol. The molecule has 1 fully saturated rings. The Morgan fingerprint density at radius 3 is 2.75 bits per heavy atom. The second-order valence-electron chi connectivity index (χ2n) is 4.70. The third-order valence-corrected chi connectivity index (χ3v) is 4.58. The summed E-state index contributed by atoms with van der Waals surface area (Å²) in [7, 11) is -3.33. The maximum atomic E-state index is 12.2. The molecule has 0 bridgehead atoms. The molecule has 0 amide bonds. The van der Waals surface area contributed by atoms with Gasteiger partial charge in [-0.05, 0) is 19.9 Å². The fourth-order valence-electron chi connectivity index (χ4n) is 1.92. The van der Waals surface area contributed by atoms with Gasteiger partial charge in [-0.25, -0.2) is 8.42 Å². The average Bonchev–Trinajstić information content (AvgIpc) is 2.69. The first-order chi connectivity index (χ1) is 7.42. The molecule has 1 aromatic heterocycles. The van der Waals surface area contributed by atoms with Gasteiger partial charge in [-0.15, -0.1) is 0 Å². The summed E-state index contributed by atoms with van der Waals surface area (Å²) in [5.74, 6) is 0. The maximum Gasteiger partial charge on any atom is 0.244 e. The van der Waals surface area contributed by atoms with E-state index in [4.69, 9.17) is 0 Å². The maximum absolute atomic E-state index is 12.2. The van der Waals surface area contributed by atoms with Crippen molar-refractivity contribution in [2.45, 2.75) is 24.3 Å². The van der Waals surface area contributed by atoms with Crippen molar-refractivity contribution in [3.63, 3.8) is 0 Å². The first-order valence-corrected chi connectivity index (χ1v) is 6.74. The zero-order chi connectivity index (χ0) is 11.8. The highest BCUT2D eigenvalue weighted by Crippen LogP contribution is 2.19. The van der Waals surface area contributed by atoms with Crippen LogP contribution < -0.4 is 5.32 Å². The summed E-state index contributed by atoms with van der Waals surface area (Å²) >= 11 is 0. The topological polar surface area (TPSA) is 65.2 Å². The number of nitrogens with one attached hydrogen (secondary N) is 2. The van der Waals surface area contributed by atoms with Crippen LogP contribution in [0.2, 0.25) is 0 Å². The normalized spacial score (nSPS) is 22.1. The van der Waals surface area contributed by atoms with E-state index in [1.807, 2.05) is 13.8 Å². The summed E-state index contributed by atoms with van der Waals surface area (Å²) in [5, 5.41) is 3.29. The summed E-state index contributed by atoms with van der Waals surface area (Å²) in [6.07, 6.45) is 3.14. The minimum atomic E-state index is -3.33. The number of H-pyrrole nitrogens is 1. The predicted octanol–water partition coefficient (Wildman–Crippen LogP) is 0.387. The van der Waals surface area contributed by atoms with Gasteiger partial charge in [0.2, 0.25) is 10.0 Å². The molecule has 1 aliphatic heterocycles. The summed E-state index contributed by atoms with van der Waals surface area (Å²) in [5.41, 5.74) is -0.165. The van der Waals surface area contributed by atoms with E-state index in [1.54, 1.807) is 12.3 Å². The van der Waals surface area contributed by atoms with Gasteiger partial charge in [0.25, 0.3) is 0 Å². The molecule has 1 aliphatic rings. The lowest BCUT2D eigenvalue weighted by molar-refractivity contribution is 0.233. The van der Waals surface area contributed by atoms with Crippen molar-refractivity contribution in [3.05, 3.63) is 18.5 Å². The Labute approximate surface area is 95.9 Å². The van der Waals surface area contributed by atoms with E-state index in [0.29, 0.717) is 24.5 Å². The van der Waals surface area contributed by atoms with E-state index in [2.05, 4.69) is 10.3 Å². The quantitative estimate of drug-likeness (QED) is 0.789. The number of hydrogen-bond acceptors (Lipinski definition) is 3. The van der Waals surface area contributed by atoms with E-state index in [1.165, 1.54) is 10.5 Å². The first kappa shape index (κ1) is 11.6. The molecule has 0 atom stereocenters. The SMILES string of the molecule is CC1(C)CN(S(=O)(=O)c2cc[nH]c2)CCN1. The van der Waals surface area contributed by atoms with Gasteiger partial charge in [0, 0.05) is 37.6 Å². The zero-order valence-corrected chi connectivity index (χ0v) is 10.3. The third-order valence-electron chi connectivity index (χ3n) is 2.74. The predicted molar refractivity (Wildman–Crippen MR) is 61.6 cm³/mol. The summed E-state index contributed by atoms with van der Waals surface area (Å²) < 4.78 is 26.0. The van der Waals surface area contributed by atoms with Crippen molar-refractivity contribution in [2.75, 3.05) is 19.6 Å². The van der Waals surface area contributed by atoms with E-state index < -0.39 is 10.0 Å². The molecule has 1 saturated heterocycles. The van der Waals surface area contributed by atoms with Crippen LogP contribution in [0.25, 0.3) is 0 Å². The van der Waals surface area contributed by atoms with Crippen LogP contribution in [0.3, 0.4) is 0 Å². The van der Waals surface area contributed by atoms with Crippen LogP contribution in [0, 0.1) is 0 Å². The lowest BCUT2D eigenvalue weighted by atomic mass is 10.0. The Balaban J connectivity index is 2.25. The third kappa shape index (κ3) is 2.14. The largest absolute Gasteiger partial charge is 0.366 e. The van der Waals surface area contributed by atoms with E-state index in [0.717, 1.165) is 0 Å². The van der Waals surface area contributed by atoms with Crippen LogP contribution in [0.4, 0.5) is 0 Å². The molecule has 2 N–H and O–H groups in total. The Morgan fingerprint density at radius 2 is 2.19 bits per heavy atom. The molecule has 0 saturated carbocycles. The van der Waals surface area contributed by atoms with Crippen LogP contribution >= 0.6 is 0 Å². The summed E-state index contributed by atoms with van der Waals surface area (Å²) in [6, 6.07) is 1.59. The minimum Gasteiger partial charge on any atom is -0.366 e. The van der Waals surface area contributed by atoms with Gasteiger partial charge in [0.1, 0.15) is 0 Å². The zero-order valence-electron chi connectivity index (χ0n) is 9.53. The highest BCUT2D eigenvalue weighted by Gasteiger charge is 2.33. The Hall–Kier alpha value is -0.850. The fraction of sp³-hybridized carbons (Fsp3) is 0.600. The molecule has 0 spiro atoms. The number of piperazine rings is 1. The number of sulfonamides is 1. The minimum absolute atomic E-state index is 0.165. The molecule has 5 nitrogen and oxygen atoms in total. The molecule has 2 rings (SSSR count). The standard InChI is InChI=1S/C10H17N3O2S/c1-10(2)8-13(6-5-12-10)16(14,15)9-3-4-11-7-9/h3-4,7,11-12H,5-6,8H2,1-2H3. The number of rotatable bonds is 2. The molecular formula is C10H17N3O2S. The Bertz CT molecular complexity index is 450. The van der Waals surface area contributed by atoms with Crippen molar-refractivity contribution >= 4 is 10.0 Å². The van der Waals surface area contributed by atoms with Crippen molar-refractivity contribution in [1.29, 1.82) is 0 Å². The Kier molecular flexibility index (Phi) is 2.81. The van der Waals surface area contributed by atoms with Crippen LogP contribution in [-0.2, 0) is 10.0 Å². The average molecular weight is 243 g/mol. The van der Waals surface area contributed by atoms with Gasteiger partial charge < -0.3 is 10.3 Å². The molecule has 2 heterocycles. The molecule has 1 aromatic rings. The molecule has 0 aliphatic carbocycles. The molecule has 0 aromatic carbocycles. The van der Waals surface area contributed by atoms with Crippen LogP contribution in [0.15, 0.2) is 23.4 Å². The van der Waals surface area contributed by atoms with Gasteiger partial charge >= 0.3 is 0 Å². The van der Waals surface area contributed by atoms with Crippen LogP contribution in [-0.4, -0.2) is 42.9 Å². The molecule has 0 unspecified atom stereocenters. The smallest absolute Gasteiger partial charge is 0.244 e. The van der Waals surface area contributed by atoms with Gasteiger partial charge in [-0.2, -0.15) is 4.31 Å². The first-order valence-electron chi connectivity index (χ1n) is 5.30. The van der Waals surface area contributed by atoms with Crippen molar-refractivity contribution in [1.82, 2.24) is 14.6 Å². The molecule has 90 valence electrons. The second-order valence-corrected chi connectivity index (χ2v) is 6.63. The van der Waals surface area contributed by atoms with Gasteiger partial charge in [-0.3, -0.25) is 0 Å². The fourth-order valence-corrected chi connectivity index (χ4v) is 3.50. The number of aromatic nitrogens is 1. The number of hydrogen-bond donors (Lipinski definition) is 2. The summed E-state index contributed by atoms with van der Waals surface area (Å²) in [6.45, 7) is 5.73. The van der Waals surface area contributed by atoms with Crippen LogP contribution in [0.1, 0.15) is 13.8 Å². The van der Waals surface area contributed by atoms with Gasteiger partial charge in [0.05, 0.1) is 4.90 Å².